The van der Waals surface area contributed by atoms with Gasteiger partial charge in [-0.15, -0.1) is 0 Å². The SMILES string of the molecule is CC/C=C/c1cc(F)cc(OCC2CCCCC2)c1.CCC#Cc1cccc(OCC2CCCCC2)c1.CCCC#Cc1cccc(OCC2CCCCC2)c1.CCCC(=NN)c1cccc(OCC2CCCCC2)c1.CCCN(C)c1cccc(OCC2CCCCC2)c1.CCC[C@@H](O)c1cccc(OC[C@@H]2CCCC[C@@H]2O)c1.CCC[C@@H](O)c1cccc(OC[C@H]2CCCC[C@@H]2O)c1. The fraction of sp³-hybridized carbons (Fsp3) is 0.592. The van der Waals surface area contributed by atoms with E-state index in [9.17, 15) is 24.8 Å². The summed E-state index contributed by atoms with van der Waals surface area (Å²) in [6.07, 6.45) is 55.3. The molecule has 7 aromatic carbocycles. The molecule has 14 nitrogen and oxygen atoms in total. The Morgan fingerprint density at radius 1 is 0.400 bits per heavy atom. The molecule has 6 N–H and O–H groups in total. The standard InChI is InChI=1S/C18H24O.C17H23FO.C17H26N2O.C17H27NO.2C17H26O3.C17H22O/c1-2-3-5-9-16-12-8-13-18(14-16)19-15-17-10-6-4-7-11-17;1-2-3-7-15-10-16(18)12-17(11-15)19-13-14-8-5-4-6-9-14;1-2-7-17(19-18)15-10-6-11-16(12-15)20-13-14-8-4-3-5-9-14;1-3-12-18(2)16-10-7-11-17(13-16)19-14-15-8-5-4-6-9-15;2*1-2-6-16(18)13-8-5-9-15(11-13)20-12-14-7-3-4-10-17(14)19;1-2-3-8-15-11-7-12-17(13-15)18-14-16-9-5-4-6-10-16/h8,12-14,17H,2-4,6-7,10-11,15H2,1H3;3,7,10-12,14H,2,4-6,8-9,13H2,1H3;6,10-12,14H,2-5,7-9,13,18H2,1H3;7,10-11,13,15H,3-6,8-9,12,14H2,1-2H3;2*5,8-9,11,14,16-19H,2-4,6-7,10,12H2,1H3;7,11-13,16H,2,4-6,9-10,14H2,1H3/b;7-3+;;;;;/t;;;;14-,16+,17-;14-,16-,17+;/m....01./s1. The van der Waals surface area contributed by atoms with Gasteiger partial charge in [0, 0.05) is 72.8 Å². The van der Waals surface area contributed by atoms with Crippen molar-refractivity contribution in [2.45, 2.75) is 355 Å². The molecule has 7 fully saturated rings. The van der Waals surface area contributed by atoms with Crippen LogP contribution in [0.1, 0.15) is 377 Å². The van der Waals surface area contributed by atoms with Crippen molar-refractivity contribution in [3.63, 3.8) is 0 Å². The topological polar surface area (TPSA) is 187 Å². The first-order valence-corrected chi connectivity index (χ1v) is 53.2. The Morgan fingerprint density at radius 2 is 0.778 bits per heavy atom. The summed E-state index contributed by atoms with van der Waals surface area (Å²) in [5.41, 5.74) is 8.10. The van der Waals surface area contributed by atoms with E-state index in [0.29, 0.717) is 24.9 Å². The molecule has 0 radical (unpaired) electrons. The van der Waals surface area contributed by atoms with Crippen LogP contribution in [0.5, 0.6) is 40.2 Å². The Morgan fingerprint density at radius 3 is 1.18 bits per heavy atom. The van der Waals surface area contributed by atoms with E-state index >= 15 is 0 Å². The van der Waals surface area contributed by atoms with E-state index in [1.54, 1.807) is 6.07 Å². The third kappa shape index (κ3) is 45.9. The molecule has 0 unspecified atom stereocenters. The summed E-state index contributed by atoms with van der Waals surface area (Å²) in [5.74, 6) is 28.1. The van der Waals surface area contributed by atoms with Gasteiger partial charge < -0.3 is 64.3 Å². The van der Waals surface area contributed by atoms with Gasteiger partial charge in [0.2, 0.25) is 0 Å². The molecule has 0 saturated heterocycles. The average Bonchev–Trinajstić information content (AvgIpc) is 0.714. The zero-order valence-electron chi connectivity index (χ0n) is 84.4. The highest BCUT2D eigenvalue weighted by atomic mass is 19.1. The number of nitrogens with two attached hydrogens (primary N) is 1. The van der Waals surface area contributed by atoms with E-state index in [1.165, 1.54) is 192 Å². The summed E-state index contributed by atoms with van der Waals surface area (Å²) >= 11 is 0. The second-order valence-electron chi connectivity index (χ2n) is 38.7. The van der Waals surface area contributed by atoms with Crippen LogP contribution in [-0.4, -0.2) is 98.2 Å². The van der Waals surface area contributed by atoms with Gasteiger partial charge in [-0.25, -0.2) is 4.39 Å². The number of aliphatic hydroxyl groups excluding tert-OH is 4. The van der Waals surface area contributed by atoms with Gasteiger partial charge in [-0.3, -0.25) is 0 Å². The first-order valence-electron chi connectivity index (χ1n) is 53.2. The van der Waals surface area contributed by atoms with Crippen LogP contribution >= 0.6 is 0 Å². The van der Waals surface area contributed by atoms with Crippen molar-refractivity contribution in [2.24, 2.45) is 52.4 Å². The quantitative estimate of drug-likeness (QED) is 0.0108. The van der Waals surface area contributed by atoms with Gasteiger partial charge in [0.05, 0.1) is 76.4 Å². The number of benzene rings is 7. The van der Waals surface area contributed by atoms with Gasteiger partial charge in [-0.2, -0.15) is 5.10 Å². The highest BCUT2D eigenvalue weighted by molar-refractivity contribution is 6.00. The Labute approximate surface area is 816 Å². The zero-order chi connectivity index (χ0) is 95.9. The van der Waals surface area contributed by atoms with Gasteiger partial charge in [-0.1, -0.05) is 280 Å². The number of halogens is 1. The number of aliphatic hydroxyl groups is 4. The number of hydrazone groups is 1. The predicted octanol–water partition coefficient (Wildman–Crippen LogP) is 29.9. The summed E-state index contributed by atoms with van der Waals surface area (Å²) in [6, 6.07) is 53.2. The van der Waals surface area contributed by atoms with E-state index in [2.05, 4.69) is 138 Å². The van der Waals surface area contributed by atoms with E-state index in [1.807, 2.05) is 115 Å². The molecule has 0 heterocycles. The van der Waals surface area contributed by atoms with Crippen LogP contribution in [0.4, 0.5) is 10.1 Å². The zero-order valence-corrected chi connectivity index (χ0v) is 84.4. The number of unbranched alkanes of at least 4 members (excludes halogenated alkanes) is 1. The third-order valence-electron chi connectivity index (χ3n) is 27.1. The maximum absolute atomic E-state index is 13.5. The molecule has 7 aliphatic carbocycles. The molecule has 742 valence electrons. The lowest BCUT2D eigenvalue weighted by Gasteiger charge is -2.27. The summed E-state index contributed by atoms with van der Waals surface area (Å²) < 4.78 is 54.7. The Hall–Kier alpha value is -8.96. The Kier molecular flexibility index (Phi) is 56.2. The highest BCUT2D eigenvalue weighted by Crippen LogP contribution is 2.35. The van der Waals surface area contributed by atoms with Crippen LogP contribution in [0.15, 0.2) is 175 Å². The molecule has 0 bridgehead atoms. The molecular weight excluding hydrogens is 1680 g/mol. The number of rotatable bonds is 36. The minimum absolute atomic E-state index is 0.224. The molecule has 6 atom stereocenters. The van der Waals surface area contributed by atoms with E-state index in [0.717, 1.165) is 240 Å². The molecule has 135 heavy (non-hydrogen) atoms. The Bertz CT molecular complexity index is 4400. The fourth-order valence-electron chi connectivity index (χ4n) is 18.9. The van der Waals surface area contributed by atoms with E-state index < -0.39 is 12.2 Å². The maximum atomic E-state index is 13.5. The second-order valence-corrected chi connectivity index (χ2v) is 38.7. The monoisotopic (exact) mass is 1850 g/mol. The van der Waals surface area contributed by atoms with Crippen molar-refractivity contribution in [1.82, 2.24) is 0 Å². The largest absolute Gasteiger partial charge is 0.493 e. The number of hydrogen-bond donors (Lipinski definition) is 5. The summed E-state index contributed by atoms with van der Waals surface area (Å²) in [6.45, 7) is 21.2. The van der Waals surface area contributed by atoms with Crippen molar-refractivity contribution >= 4 is 17.5 Å². The number of hydrogen-bond acceptors (Lipinski definition) is 14. The number of nitrogens with zero attached hydrogens (tertiary/aromatic N) is 2. The first-order chi connectivity index (χ1) is 66.1. The van der Waals surface area contributed by atoms with Crippen LogP contribution in [-0.2, 0) is 0 Å². The summed E-state index contributed by atoms with van der Waals surface area (Å²) in [4.78, 5) is 2.29. The summed E-state index contributed by atoms with van der Waals surface area (Å²) in [5, 5.41) is 43.8. The van der Waals surface area contributed by atoms with Crippen LogP contribution in [0.3, 0.4) is 0 Å². The minimum Gasteiger partial charge on any atom is -0.493 e. The van der Waals surface area contributed by atoms with Gasteiger partial charge in [0.1, 0.15) is 46.1 Å². The number of anilines is 1. The molecule has 0 spiro atoms. The molecule has 14 rings (SSSR count). The maximum Gasteiger partial charge on any atom is 0.127 e. The van der Waals surface area contributed by atoms with Gasteiger partial charge in [0.15, 0.2) is 0 Å². The highest BCUT2D eigenvalue weighted by Gasteiger charge is 2.27. The van der Waals surface area contributed by atoms with Crippen LogP contribution in [0.25, 0.3) is 6.08 Å². The normalized spacial score (nSPS) is 18.7. The molecular formula is C120H174FN3O11. The summed E-state index contributed by atoms with van der Waals surface area (Å²) in [7, 11) is 2.14. The molecule has 7 aliphatic rings. The number of ether oxygens (including phenoxy) is 7. The molecule has 0 aliphatic heterocycles. The molecule has 0 amide bonds. The molecule has 0 aromatic heterocycles. The van der Waals surface area contributed by atoms with Crippen molar-refractivity contribution in [3.8, 4) is 63.9 Å². The van der Waals surface area contributed by atoms with Crippen molar-refractivity contribution in [2.75, 3.05) is 64.7 Å². The second kappa shape index (κ2) is 68.1. The van der Waals surface area contributed by atoms with Gasteiger partial charge >= 0.3 is 0 Å². The van der Waals surface area contributed by atoms with Crippen LogP contribution < -0.4 is 43.9 Å². The minimum atomic E-state index is -0.413. The number of allylic oxidation sites excluding steroid dienone is 1. The lowest BCUT2D eigenvalue weighted by atomic mass is 9.87. The smallest absolute Gasteiger partial charge is 0.127 e. The van der Waals surface area contributed by atoms with Crippen LogP contribution in [0, 0.1) is 70.9 Å². The van der Waals surface area contributed by atoms with Gasteiger partial charge in [-0.05, 0) is 272 Å². The van der Waals surface area contributed by atoms with Crippen molar-refractivity contribution < 1.29 is 58.0 Å². The van der Waals surface area contributed by atoms with Crippen molar-refractivity contribution in [1.29, 1.82) is 0 Å². The molecule has 7 aromatic rings. The lowest BCUT2D eigenvalue weighted by molar-refractivity contribution is 0.0419. The molecule has 7 saturated carbocycles. The van der Waals surface area contributed by atoms with Gasteiger partial charge in [0.25, 0.3) is 0 Å². The van der Waals surface area contributed by atoms with Crippen molar-refractivity contribution in [3.05, 3.63) is 209 Å². The predicted molar refractivity (Wildman–Crippen MR) is 560 cm³/mol. The third-order valence-corrected chi connectivity index (χ3v) is 27.1. The lowest BCUT2D eigenvalue weighted by Crippen LogP contribution is -2.29. The van der Waals surface area contributed by atoms with E-state index in [-0.39, 0.29) is 29.9 Å². The molecule has 15 heteroatoms. The van der Waals surface area contributed by atoms with E-state index in [4.69, 9.17) is 39.0 Å². The fourth-order valence-corrected chi connectivity index (χ4v) is 18.9. The van der Waals surface area contributed by atoms with Crippen LogP contribution in [0.2, 0.25) is 0 Å². The average molecular weight is 1850 g/mol. The Balaban J connectivity index is 0.000000194. The first kappa shape index (κ1) is 111.